The van der Waals surface area contributed by atoms with Crippen molar-refractivity contribution in [1.82, 2.24) is 4.90 Å². The van der Waals surface area contributed by atoms with Crippen molar-refractivity contribution in [3.05, 3.63) is 65.0 Å². The third-order valence-corrected chi connectivity index (χ3v) is 3.99. The number of amides is 1. The Balaban J connectivity index is 0.00000192. The first-order valence-electron chi connectivity index (χ1n) is 7.58. The molecule has 0 radical (unpaired) electrons. The van der Waals surface area contributed by atoms with E-state index < -0.39 is 0 Å². The molecular formula is C18H20ClFN2O. The molecule has 0 aliphatic carbocycles. The lowest BCUT2D eigenvalue weighted by Gasteiger charge is -2.21. The summed E-state index contributed by atoms with van der Waals surface area (Å²) in [6.45, 7) is 3.87. The zero-order valence-corrected chi connectivity index (χ0v) is 13.8. The van der Waals surface area contributed by atoms with Crippen molar-refractivity contribution in [2.45, 2.75) is 19.9 Å². The highest BCUT2D eigenvalue weighted by Crippen LogP contribution is 2.24. The van der Waals surface area contributed by atoms with Gasteiger partial charge in [0.05, 0.1) is 0 Å². The molecular weight excluding hydrogens is 315 g/mol. The number of hydrogen-bond acceptors (Lipinski definition) is 2. The van der Waals surface area contributed by atoms with Gasteiger partial charge < -0.3 is 10.2 Å². The number of carbonyl (C=O) groups is 1. The number of benzene rings is 2. The van der Waals surface area contributed by atoms with Gasteiger partial charge in [0, 0.05) is 30.9 Å². The van der Waals surface area contributed by atoms with Gasteiger partial charge in [0.1, 0.15) is 5.82 Å². The fourth-order valence-electron chi connectivity index (χ4n) is 2.80. The van der Waals surface area contributed by atoms with Gasteiger partial charge in [0.25, 0.3) is 5.91 Å². The summed E-state index contributed by atoms with van der Waals surface area (Å²) in [6, 6.07) is 12.2. The van der Waals surface area contributed by atoms with Crippen LogP contribution in [0, 0.1) is 5.82 Å². The van der Waals surface area contributed by atoms with Crippen LogP contribution in [0.5, 0.6) is 0 Å². The van der Waals surface area contributed by atoms with E-state index in [9.17, 15) is 9.18 Å². The third kappa shape index (κ3) is 3.82. The Hall–Kier alpha value is -2.07. The smallest absolute Gasteiger partial charge is 0.254 e. The van der Waals surface area contributed by atoms with Crippen LogP contribution in [0.25, 0.3) is 0 Å². The van der Waals surface area contributed by atoms with E-state index in [2.05, 4.69) is 5.32 Å². The maximum absolute atomic E-state index is 13.3. The first-order chi connectivity index (χ1) is 10.7. The first-order valence-corrected chi connectivity index (χ1v) is 7.58. The number of nitrogens with zero attached hydrogens (tertiary/aromatic N) is 1. The number of anilines is 1. The minimum atomic E-state index is -0.274. The molecule has 0 unspecified atom stereocenters. The molecule has 1 N–H and O–H groups in total. The van der Waals surface area contributed by atoms with Crippen LogP contribution in [0.2, 0.25) is 0 Å². The van der Waals surface area contributed by atoms with Crippen molar-refractivity contribution in [3.63, 3.8) is 0 Å². The molecule has 5 heteroatoms. The van der Waals surface area contributed by atoms with E-state index in [-0.39, 0.29) is 24.1 Å². The Labute approximate surface area is 141 Å². The Kier molecular flexibility index (Phi) is 5.61. The van der Waals surface area contributed by atoms with Gasteiger partial charge in [-0.2, -0.15) is 0 Å². The van der Waals surface area contributed by atoms with Crippen molar-refractivity contribution >= 4 is 24.0 Å². The number of halogens is 2. The summed E-state index contributed by atoms with van der Waals surface area (Å²) in [5, 5.41) is 3.29. The molecule has 0 aromatic heterocycles. The van der Waals surface area contributed by atoms with Crippen molar-refractivity contribution in [2.24, 2.45) is 0 Å². The molecule has 23 heavy (non-hydrogen) atoms. The normalized spacial score (nSPS) is 12.1. The molecule has 0 fully saturated rings. The van der Waals surface area contributed by atoms with Gasteiger partial charge >= 0.3 is 0 Å². The molecule has 1 aliphatic heterocycles. The van der Waals surface area contributed by atoms with Gasteiger partial charge in [-0.25, -0.2) is 4.39 Å². The summed E-state index contributed by atoms with van der Waals surface area (Å²) in [5.74, 6) is -0.286. The van der Waals surface area contributed by atoms with Crippen LogP contribution in [-0.2, 0) is 13.0 Å². The van der Waals surface area contributed by atoms with Crippen LogP contribution in [0.15, 0.2) is 42.5 Å². The van der Waals surface area contributed by atoms with Crippen LogP contribution in [0.4, 0.5) is 10.1 Å². The van der Waals surface area contributed by atoms with Crippen LogP contribution < -0.4 is 5.32 Å². The molecule has 2 aromatic carbocycles. The molecule has 1 heterocycles. The summed E-state index contributed by atoms with van der Waals surface area (Å²) < 4.78 is 13.3. The predicted octanol–water partition coefficient (Wildman–Crippen LogP) is 3.88. The average molecular weight is 335 g/mol. The summed E-state index contributed by atoms with van der Waals surface area (Å²) in [4.78, 5) is 14.4. The summed E-state index contributed by atoms with van der Waals surface area (Å²) in [6.07, 6.45) is 0.951. The minimum absolute atomic E-state index is 0. The number of carbonyl (C=O) groups excluding carboxylic acids is 1. The van der Waals surface area contributed by atoms with E-state index in [1.54, 1.807) is 11.0 Å². The second-order valence-electron chi connectivity index (χ2n) is 5.50. The molecule has 2 aromatic rings. The van der Waals surface area contributed by atoms with E-state index in [4.69, 9.17) is 0 Å². The molecule has 0 bridgehead atoms. The lowest BCUT2D eigenvalue weighted by Crippen LogP contribution is -2.30. The summed E-state index contributed by atoms with van der Waals surface area (Å²) in [5.41, 5.74) is 3.80. The molecule has 122 valence electrons. The first kappa shape index (κ1) is 17.3. The van der Waals surface area contributed by atoms with Gasteiger partial charge in [0.15, 0.2) is 0 Å². The van der Waals surface area contributed by atoms with Crippen LogP contribution in [0.3, 0.4) is 0 Å². The van der Waals surface area contributed by atoms with Crippen molar-refractivity contribution < 1.29 is 9.18 Å². The number of rotatable bonds is 4. The fraction of sp³-hybridized carbons (Fsp3) is 0.278. The van der Waals surface area contributed by atoms with E-state index in [0.717, 1.165) is 24.2 Å². The second kappa shape index (κ2) is 7.47. The van der Waals surface area contributed by atoms with Crippen molar-refractivity contribution in [2.75, 3.05) is 18.4 Å². The predicted molar refractivity (Wildman–Crippen MR) is 92.7 cm³/mol. The van der Waals surface area contributed by atoms with Crippen molar-refractivity contribution in [3.8, 4) is 0 Å². The van der Waals surface area contributed by atoms with Crippen molar-refractivity contribution in [1.29, 1.82) is 0 Å². The Morgan fingerprint density at radius 1 is 1.26 bits per heavy atom. The van der Waals surface area contributed by atoms with Gasteiger partial charge in [-0.3, -0.25) is 4.79 Å². The van der Waals surface area contributed by atoms with E-state index in [0.29, 0.717) is 18.7 Å². The Bertz CT molecular complexity index is 705. The maximum atomic E-state index is 13.3. The topological polar surface area (TPSA) is 32.3 Å². The number of nitrogens with one attached hydrogen (secondary N) is 1. The highest BCUT2D eigenvalue weighted by atomic mass is 35.5. The van der Waals surface area contributed by atoms with E-state index >= 15 is 0 Å². The largest absolute Gasteiger partial charge is 0.384 e. The monoisotopic (exact) mass is 334 g/mol. The summed E-state index contributed by atoms with van der Waals surface area (Å²) >= 11 is 0. The average Bonchev–Trinajstić information content (AvgIpc) is 2.99. The molecule has 0 atom stereocenters. The second-order valence-corrected chi connectivity index (χ2v) is 5.50. The molecule has 0 spiro atoms. The molecule has 1 amide bonds. The van der Waals surface area contributed by atoms with E-state index in [1.165, 1.54) is 17.7 Å². The van der Waals surface area contributed by atoms with Gasteiger partial charge in [-0.1, -0.05) is 12.1 Å². The zero-order chi connectivity index (χ0) is 15.5. The zero-order valence-electron chi connectivity index (χ0n) is 13.0. The summed E-state index contributed by atoms with van der Waals surface area (Å²) in [7, 11) is 0. The Morgan fingerprint density at radius 3 is 2.83 bits per heavy atom. The number of fused-ring (bicyclic) bond motifs is 1. The van der Waals surface area contributed by atoms with Gasteiger partial charge in [0.2, 0.25) is 0 Å². The molecule has 0 saturated heterocycles. The minimum Gasteiger partial charge on any atom is -0.384 e. The molecule has 3 rings (SSSR count). The van der Waals surface area contributed by atoms with Crippen LogP contribution in [0.1, 0.15) is 28.4 Å². The third-order valence-electron chi connectivity index (χ3n) is 3.99. The molecule has 1 aliphatic rings. The van der Waals surface area contributed by atoms with Gasteiger partial charge in [-0.15, -0.1) is 12.4 Å². The quantitative estimate of drug-likeness (QED) is 0.920. The van der Waals surface area contributed by atoms with Gasteiger partial charge in [-0.05, 0) is 54.8 Å². The SMILES string of the molecule is CCN(Cc1cccc(F)c1)C(=O)c1ccc2c(c1)CCN2.Cl. The maximum Gasteiger partial charge on any atom is 0.254 e. The molecule has 3 nitrogen and oxygen atoms in total. The van der Waals surface area contributed by atoms with E-state index in [1.807, 2.05) is 31.2 Å². The highest BCUT2D eigenvalue weighted by Gasteiger charge is 2.18. The molecule has 0 saturated carbocycles. The highest BCUT2D eigenvalue weighted by molar-refractivity contribution is 5.95. The number of hydrogen-bond donors (Lipinski definition) is 1. The fourth-order valence-corrected chi connectivity index (χ4v) is 2.80. The lowest BCUT2D eigenvalue weighted by atomic mass is 10.1. The lowest BCUT2D eigenvalue weighted by molar-refractivity contribution is 0.0752. The Morgan fingerprint density at radius 2 is 2.09 bits per heavy atom. The van der Waals surface area contributed by atoms with Crippen LogP contribution >= 0.6 is 12.4 Å². The van der Waals surface area contributed by atoms with Crippen LogP contribution in [-0.4, -0.2) is 23.9 Å². The standard InChI is InChI=1S/C18H19FN2O.ClH/c1-2-21(12-13-4-3-5-16(19)10-13)18(22)15-6-7-17-14(11-15)8-9-20-17;/h3-7,10-11,20H,2,8-9,12H2,1H3;1H.